The van der Waals surface area contributed by atoms with Crippen molar-refractivity contribution < 1.29 is 28.2 Å². The monoisotopic (exact) mass is 394 g/mol. The highest BCUT2D eigenvalue weighted by atomic mass is 16.6. The lowest BCUT2D eigenvalue weighted by atomic mass is 10.1. The topological polar surface area (TPSA) is 84.2 Å². The number of benzene rings is 2. The number of hydrogen-bond donors (Lipinski definition) is 0. The maximum Gasteiger partial charge on any atom is 0.336 e. The van der Waals surface area contributed by atoms with Crippen molar-refractivity contribution >= 4 is 23.0 Å². The molecule has 0 unspecified atom stereocenters. The van der Waals surface area contributed by atoms with Gasteiger partial charge in [-0.2, -0.15) is 0 Å². The van der Waals surface area contributed by atoms with E-state index in [1.807, 2.05) is 6.07 Å². The van der Waals surface area contributed by atoms with Crippen LogP contribution in [0.25, 0.3) is 17.0 Å². The van der Waals surface area contributed by atoms with Gasteiger partial charge in [0, 0.05) is 29.2 Å². The molecule has 0 radical (unpaired) electrons. The Hall–Kier alpha value is -3.74. The fraction of sp³-hybridized carbons (Fsp3) is 0.182. The van der Waals surface area contributed by atoms with Crippen molar-refractivity contribution in [2.75, 3.05) is 20.3 Å². The molecule has 0 atom stereocenters. The van der Waals surface area contributed by atoms with Crippen LogP contribution in [0.4, 0.5) is 0 Å². The third-order valence-corrected chi connectivity index (χ3v) is 4.39. The number of ether oxygens (including phenoxy) is 4. The van der Waals surface area contributed by atoms with Gasteiger partial charge in [0.15, 0.2) is 11.5 Å². The van der Waals surface area contributed by atoms with Crippen molar-refractivity contribution in [2.24, 2.45) is 0 Å². The van der Waals surface area contributed by atoms with Gasteiger partial charge in [0.1, 0.15) is 31.2 Å². The highest BCUT2D eigenvalue weighted by Gasteiger charge is 2.11. The molecule has 0 saturated heterocycles. The summed E-state index contributed by atoms with van der Waals surface area (Å²) in [6.45, 7) is 0.958. The standard InChI is InChI=1S/C22H18O7/c1-25-16-4-5-17-15(11-22(24)29-19(17)12-16)13-28-21(23)7-3-14-2-6-18-20(10-14)27-9-8-26-18/h2-7,10-12H,8-9,13H2,1H3. The first-order chi connectivity index (χ1) is 14.1. The van der Waals surface area contributed by atoms with Crippen LogP contribution in [0, 0.1) is 0 Å². The van der Waals surface area contributed by atoms with E-state index in [1.54, 1.807) is 36.4 Å². The van der Waals surface area contributed by atoms with Crippen molar-refractivity contribution in [3.8, 4) is 17.2 Å². The van der Waals surface area contributed by atoms with E-state index in [4.69, 9.17) is 23.4 Å². The molecule has 0 bridgehead atoms. The van der Waals surface area contributed by atoms with Crippen LogP contribution in [0.3, 0.4) is 0 Å². The molecule has 7 heteroatoms. The molecule has 29 heavy (non-hydrogen) atoms. The minimum atomic E-state index is -0.533. The molecule has 2 heterocycles. The van der Waals surface area contributed by atoms with Crippen LogP contribution < -0.4 is 19.8 Å². The maximum atomic E-state index is 12.1. The summed E-state index contributed by atoms with van der Waals surface area (Å²) in [6, 6.07) is 11.8. The van der Waals surface area contributed by atoms with E-state index in [0.29, 0.717) is 47.0 Å². The van der Waals surface area contributed by atoms with Crippen LogP contribution in [0.1, 0.15) is 11.1 Å². The molecule has 0 aliphatic carbocycles. The lowest BCUT2D eigenvalue weighted by Gasteiger charge is -2.18. The van der Waals surface area contributed by atoms with Crippen LogP contribution in [0.2, 0.25) is 0 Å². The molecule has 4 rings (SSSR count). The summed E-state index contributed by atoms with van der Waals surface area (Å²) < 4.78 is 26.6. The normalized spacial score (nSPS) is 12.9. The van der Waals surface area contributed by atoms with Gasteiger partial charge in [0.05, 0.1) is 7.11 Å². The van der Waals surface area contributed by atoms with Crippen molar-refractivity contribution in [3.05, 3.63) is 70.1 Å². The lowest BCUT2D eigenvalue weighted by molar-refractivity contribution is -0.138. The molecule has 0 fully saturated rings. The van der Waals surface area contributed by atoms with Gasteiger partial charge < -0.3 is 23.4 Å². The Morgan fingerprint density at radius 1 is 1.07 bits per heavy atom. The van der Waals surface area contributed by atoms with E-state index < -0.39 is 11.6 Å². The second-order valence-electron chi connectivity index (χ2n) is 6.30. The van der Waals surface area contributed by atoms with Crippen LogP contribution >= 0.6 is 0 Å². The number of carbonyl (C=O) groups excluding carboxylic acids is 1. The molecule has 0 spiro atoms. The Kier molecular flexibility index (Phi) is 5.20. The number of esters is 1. The minimum Gasteiger partial charge on any atom is -0.497 e. The molecule has 0 saturated carbocycles. The van der Waals surface area contributed by atoms with Gasteiger partial charge in [-0.3, -0.25) is 0 Å². The molecular weight excluding hydrogens is 376 g/mol. The van der Waals surface area contributed by atoms with Crippen LogP contribution in [0.15, 0.2) is 57.8 Å². The summed E-state index contributed by atoms with van der Waals surface area (Å²) in [5, 5.41) is 0.675. The van der Waals surface area contributed by atoms with E-state index in [9.17, 15) is 9.59 Å². The summed E-state index contributed by atoms with van der Waals surface area (Å²) in [7, 11) is 1.53. The summed E-state index contributed by atoms with van der Waals surface area (Å²) >= 11 is 0. The quantitative estimate of drug-likeness (QED) is 0.373. The van der Waals surface area contributed by atoms with Crippen molar-refractivity contribution in [3.63, 3.8) is 0 Å². The molecule has 0 N–H and O–H groups in total. The number of methoxy groups -OCH3 is 1. The average Bonchev–Trinajstić information content (AvgIpc) is 2.75. The Bertz CT molecular complexity index is 1140. The van der Waals surface area contributed by atoms with E-state index in [2.05, 4.69) is 0 Å². The molecule has 3 aromatic rings. The van der Waals surface area contributed by atoms with Crippen LogP contribution in [-0.4, -0.2) is 26.3 Å². The van der Waals surface area contributed by atoms with Crippen molar-refractivity contribution in [2.45, 2.75) is 6.61 Å². The van der Waals surface area contributed by atoms with Crippen molar-refractivity contribution in [1.82, 2.24) is 0 Å². The van der Waals surface area contributed by atoms with Crippen molar-refractivity contribution in [1.29, 1.82) is 0 Å². The van der Waals surface area contributed by atoms with E-state index in [-0.39, 0.29) is 6.61 Å². The molecule has 148 valence electrons. The third-order valence-electron chi connectivity index (χ3n) is 4.39. The molecule has 0 amide bonds. The van der Waals surface area contributed by atoms with E-state index in [0.717, 1.165) is 5.56 Å². The van der Waals surface area contributed by atoms with Crippen LogP contribution in [-0.2, 0) is 16.1 Å². The van der Waals surface area contributed by atoms with Gasteiger partial charge in [0.25, 0.3) is 0 Å². The fourth-order valence-corrected chi connectivity index (χ4v) is 2.98. The Morgan fingerprint density at radius 2 is 1.90 bits per heavy atom. The zero-order chi connectivity index (χ0) is 20.2. The first-order valence-corrected chi connectivity index (χ1v) is 8.97. The van der Waals surface area contributed by atoms with Gasteiger partial charge in [0.2, 0.25) is 0 Å². The number of carbonyl (C=O) groups is 1. The fourth-order valence-electron chi connectivity index (χ4n) is 2.98. The molecular formula is C22H18O7. The van der Waals surface area contributed by atoms with Gasteiger partial charge in [-0.1, -0.05) is 6.07 Å². The summed E-state index contributed by atoms with van der Waals surface area (Å²) in [5.74, 6) is 1.36. The molecule has 1 aliphatic heterocycles. The molecule has 2 aromatic carbocycles. The predicted octanol–water partition coefficient (Wildman–Crippen LogP) is 3.33. The SMILES string of the molecule is COc1ccc2c(COC(=O)C=Cc3ccc4c(c3)OCCO4)cc(=O)oc2c1. The first-order valence-electron chi connectivity index (χ1n) is 8.97. The van der Waals surface area contributed by atoms with Crippen LogP contribution in [0.5, 0.6) is 17.2 Å². The number of fused-ring (bicyclic) bond motifs is 2. The second-order valence-corrected chi connectivity index (χ2v) is 6.30. The van der Waals surface area contributed by atoms with Gasteiger partial charge >= 0.3 is 11.6 Å². The zero-order valence-electron chi connectivity index (χ0n) is 15.7. The third kappa shape index (κ3) is 4.24. The summed E-state index contributed by atoms with van der Waals surface area (Å²) in [5.41, 5.74) is 1.18. The first kappa shape index (κ1) is 18.6. The van der Waals surface area contributed by atoms with Gasteiger partial charge in [-0.25, -0.2) is 9.59 Å². The van der Waals surface area contributed by atoms with Gasteiger partial charge in [-0.05, 0) is 35.9 Å². The minimum absolute atomic E-state index is 0.0568. The van der Waals surface area contributed by atoms with E-state index >= 15 is 0 Å². The largest absolute Gasteiger partial charge is 0.497 e. The molecule has 1 aromatic heterocycles. The average molecular weight is 394 g/mol. The Balaban J connectivity index is 1.46. The predicted molar refractivity (Wildman–Crippen MR) is 105 cm³/mol. The Morgan fingerprint density at radius 3 is 2.72 bits per heavy atom. The number of hydrogen-bond acceptors (Lipinski definition) is 7. The number of rotatable bonds is 5. The lowest BCUT2D eigenvalue weighted by Crippen LogP contribution is -2.15. The maximum absolute atomic E-state index is 12.1. The summed E-state index contributed by atoms with van der Waals surface area (Å²) in [6.07, 6.45) is 2.95. The molecule has 1 aliphatic rings. The van der Waals surface area contributed by atoms with Gasteiger partial charge in [-0.15, -0.1) is 0 Å². The Labute approximate surface area is 166 Å². The van der Waals surface area contributed by atoms with E-state index in [1.165, 1.54) is 19.3 Å². The second kappa shape index (κ2) is 8.10. The zero-order valence-corrected chi connectivity index (χ0v) is 15.7. The molecule has 7 nitrogen and oxygen atoms in total. The highest BCUT2D eigenvalue weighted by Crippen LogP contribution is 2.31. The summed E-state index contributed by atoms with van der Waals surface area (Å²) in [4.78, 5) is 23.9. The highest BCUT2D eigenvalue weighted by molar-refractivity contribution is 5.87. The smallest absolute Gasteiger partial charge is 0.336 e.